The topological polar surface area (TPSA) is 85.3 Å². The quantitative estimate of drug-likeness (QED) is 0.341. The Bertz CT molecular complexity index is 433. The molecule has 0 spiro atoms. The minimum absolute atomic E-state index is 0.170. The third-order valence-corrected chi connectivity index (χ3v) is 2.46. The van der Waals surface area contributed by atoms with E-state index in [1.54, 1.807) is 11.7 Å². The van der Waals surface area contributed by atoms with E-state index in [0.717, 1.165) is 12.0 Å². The average Bonchev–Trinajstić information content (AvgIpc) is 2.67. The van der Waals surface area contributed by atoms with Crippen LogP contribution in [0.1, 0.15) is 48.4 Å². The van der Waals surface area contributed by atoms with Gasteiger partial charge in [0.1, 0.15) is 5.69 Å². The summed E-state index contributed by atoms with van der Waals surface area (Å²) < 4.78 is 1.70. The summed E-state index contributed by atoms with van der Waals surface area (Å²) in [5.74, 6) is 0.444. The fourth-order valence-electron chi connectivity index (χ4n) is 1.71. The Kier molecular flexibility index (Phi) is 4.25. The van der Waals surface area contributed by atoms with Crippen molar-refractivity contribution in [3.8, 4) is 0 Å². The Morgan fingerprint density at radius 1 is 1.65 bits per heavy atom. The molecule has 6 nitrogen and oxygen atoms in total. The molecule has 0 fully saturated rings. The summed E-state index contributed by atoms with van der Waals surface area (Å²) in [7, 11) is 1.66. The number of carbonyl (C=O) groups is 1. The minimum atomic E-state index is 0.170. The van der Waals surface area contributed by atoms with Gasteiger partial charge in [-0.25, -0.2) is 0 Å². The van der Waals surface area contributed by atoms with Crippen molar-refractivity contribution in [3.63, 3.8) is 0 Å². The zero-order valence-electron chi connectivity index (χ0n) is 10.7. The summed E-state index contributed by atoms with van der Waals surface area (Å²) in [6.07, 6.45) is 0.794. The first-order chi connectivity index (χ1) is 8.06. The molecule has 1 aromatic rings. The second kappa shape index (κ2) is 5.47. The molecule has 0 atom stereocenters. The van der Waals surface area contributed by atoms with Gasteiger partial charge in [-0.15, -0.1) is 0 Å². The number of nitrogens with zero attached hydrogens (tertiary/aromatic N) is 3. The first-order valence-corrected chi connectivity index (χ1v) is 5.62. The van der Waals surface area contributed by atoms with Crippen molar-refractivity contribution in [1.82, 2.24) is 15.2 Å². The molecular formula is C11H19N5O. The highest BCUT2D eigenvalue weighted by molar-refractivity contribution is 6.02. The van der Waals surface area contributed by atoms with Gasteiger partial charge in [0, 0.05) is 13.6 Å². The van der Waals surface area contributed by atoms with E-state index in [9.17, 15) is 4.79 Å². The molecule has 0 bridgehead atoms. The molecule has 0 aliphatic rings. The Labute approximate surface area is 101 Å². The number of hydrazone groups is 1. The zero-order chi connectivity index (χ0) is 13.0. The van der Waals surface area contributed by atoms with Gasteiger partial charge >= 0.3 is 0 Å². The van der Waals surface area contributed by atoms with Crippen LogP contribution >= 0.6 is 0 Å². The first kappa shape index (κ1) is 13.2. The summed E-state index contributed by atoms with van der Waals surface area (Å²) in [4.78, 5) is 11.2. The Morgan fingerprint density at radius 2 is 2.29 bits per heavy atom. The van der Waals surface area contributed by atoms with Gasteiger partial charge in [0.25, 0.3) is 0 Å². The number of nitrogens with two attached hydrogens (primary N) is 1. The number of aryl methyl sites for hydroxylation is 1. The smallest absolute Gasteiger partial charge is 0.169 e. The standard InChI is InChI=1S/C11H19N5O/c1-5-16-10(11(12)14-13-4)8(6-17)9(15-16)7(2)3/h6-7,13H,5H2,1-4H3,(H2,12,14). The lowest BCUT2D eigenvalue weighted by Crippen LogP contribution is -2.22. The number of aromatic nitrogens is 2. The predicted octanol–water partition coefficient (Wildman–Crippen LogP) is 0.679. The van der Waals surface area contributed by atoms with E-state index >= 15 is 0 Å². The normalized spacial score (nSPS) is 11.9. The number of amidine groups is 1. The van der Waals surface area contributed by atoms with Crippen molar-refractivity contribution in [1.29, 1.82) is 0 Å². The molecule has 0 saturated carbocycles. The highest BCUT2D eigenvalue weighted by Gasteiger charge is 2.21. The number of rotatable bonds is 5. The summed E-state index contributed by atoms with van der Waals surface area (Å²) in [5, 5.41) is 8.31. The van der Waals surface area contributed by atoms with E-state index in [-0.39, 0.29) is 11.8 Å². The summed E-state index contributed by atoms with van der Waals surface area (Å²) >= 11 is 0. The van der Waals surface area contributed by atoms with Gasteiger partial charge in [-0.2, -0.15) is 10.2 Å². The molecule has 3 N–H and O–H groups in total. The monoisotopic (exact) mass is 237 g/mol. The van der Waals surface area contributed by atoms with Gasteiger partial charge in [-0.3, -0.25) is 9.48 Å². The van der Waals surface area contributed by atoms with Crippen molar-refractivity contribution in [3.05, 3.63) is 17.0 Å². The van der Waals surface area contributed by atoms with Gasteiger partial charge < -0.3 is 11.2 Å². The van der Waals surface area contributed by atoms with Crippen LogP contribution in [0.3, 0.4) is 0 Å². The van der Waals surface area contributed by atoms with Crippen LogP contribution in [0.2, 0.25) is 0 Å². The van der Waals surface area contributed by atoms with Gasteiger partial charge in [-0.05, 0) is 12.8 Å². The van der Waals surface area contributed by atoms with Crippen molar-refractivity contribution < 1.29 is 4.79 Å². The average molecular weight is 237 g/mol. The molecule has 0 unspecified atom stereocenters. The van der Waals surface area contributed by atoms with Crippen molar-refractivity contribution >= 4 is 12.1 Å². The van der Waals surface area contributed by atoms with Gasteiger partial charge in [0.15, 0.2) is 12.1 Å². The van der Waals surface area contributed by atoms with Crippen LogP contribution in [0.15, 0.2) is 5.10 Å². The second-order valence-corrected chi connectivity index (χ2v) is 3.96. The SMILES string of the molecule is CCn1nc(C(C)C)c(C=O)c1/C(N)=N\NC. The third kappa shape index (κ3) is 2.46. The van der Waals surface area contributed by atoms with Crippen molar-refractivity contribution in [2.45, 2.75) is 33.2 Å². The number of carbonyl (C=O) groups excluding carboxylic acids is 1. The van der Waals surface area contributed by atoms with Crippen LogP contribution < -0.4 is 11.2 Å². The zero-order valence-corrected chi connectivity index (χ0v) is 10.7. The molecule has 0 amide bonds. The Balaban J connectivity index is 3.45. The van der Waals surface area contributed by atoms with E-state index in [4.69, 9.17) is 5.73 Å². The maximum absolute atomic E-state index is 11.2. The molecule has 17 heavy (non-hydrogen) atoms. The Morgan fingerprint density at radius 3 is 2.71 bits per heavy atom. The number of aldehydes is 1. The van der Waals surface area contributed by atoms with Gasteiger partial charge in [-0.1, -0.05) is 13.8 Å². The minimum Gasteiger partial charge on any atom is -0.380 e. The summed E-state index contributed by atoms with van der Waals surface area (Å²) in [5.41, 5.74) is 10.3. The lowest BCUT2D eigenvalue weighted by Gasteiger charge is -2.04. The van der Waals surface area contributed by atoms with Crippen LogP contribution in [-0.2, 0) is 6.54 Å². The number of hydrogen-bond donors (Lipinski definition) is 2. The lowest BCUT2D eigenvalue weighted by atomic mass is 10.0. The van der Waals surface area contributed by atoms with E-state index < -0.39 is 0 Å². The molecule has 94 valence electrons. The van der Waals surface area contributed by atoms with E-state index in [0.29, 0.717) is 17.8 Å². The molecule has 0 aliphatic carbocycles. The van der Waals surface area contributed by atoms with E-state index in [1.165, 1.54) is 0 Å². The maximum Gasteiger partial charge on any atom is 0.169 e. The second-order valence-electron chi connectivity index (χ2n) is 3.96. The molecule has 6 heteroatoms. The summed E-state index contributed by atoms with van der Waals surface area (Å²) in [6.45, 7) is 6.57. The van der Waals surface area contributed by atoms with E-state index in [2.05, 4.69) is 15.6 Å². The van der Waals surface area contributed by atoms with Crippen molar-refractivity contribution in [2.24, 2.45) is 10.8 Å². The fraction of sp³-hybridized carbons (Fsp3) is 0.545. The third-order valence-electron chi connectivity index (χ3n) is 2.46. The lowest BCUT2D eigenvalue weighted by molar-refractivity contribution is 0.112. The predicted molar refractivity (Wildman–Crippen MR) is 67.2 cm³/mol. The van der Waals surface area contributed by atoms with Crippen LogP contribution in [0, 0.1) is 0 Å². The van der Waals surface area contributed by atoms with Crippen molar-refractivity contribution in [2.75, 3.05) is 7.05 Å². The Hall–Kier alpha value is -1.85. The molecule has 1 heterocycles. The van der Waals surface area contributed by atoms with Crippen LogP contribution in [-0.4, -0.2) is 28.9 Å². The molecule has 0 saturated heterocycles. The highest BCUT2D eigenvalue weighted by Crippen LogP contribution is 2.20. The van der Waals surface area contributed by atoms with Gasteiger partial charge in [0.05, 0.1) is 11.3 Å². The van der Waals surface area contributed by atoms with E-state index in [1.807, 2.05) is 20.8 Å². The molecular weight excluding hydrogens is 218 g/mol. The van der Waals surface area contributed by atoms with Crippen LogP contribution in [0.5, 0.6) is 0 Å². The summed E-state index contributed by atoms with van der Waals surface area (Å²) in [6, 6.07) is 0. The largest absolute Gasteiger partial charge is 0.380 e. The molecule has 0 radical (unpaired) electrons. The maximum atomic E-state index is 11.2. The number of nitrogens with one attached hydrogen (secondary N) is 1. The fourth-order valence-corrected chi connectivity index (χ4v) is 1.71. The van der Waals surface area contributed by atoms with Crippen LogP contribution in [0.4, 0.5) is 0 Å². The molecule has 1 aromatic heterocycles. The number of hydrogen-bond acceptors (Lipinski definition) is 4. The molecule has 1 rings (SSSR count). The van der Waals surface area contributed by atoms with Gasteiger partial charge in [0.2, 0.25) is 0 Å². The van der Waals surface area contributed by atoms with Crippen LogP contribution in [0.25, 0.3) is 0 Å². The first-order valence-electron chi connectivity index (χ1n) is 5.62. The molecule has 0 aliphatic heterocycles. The highest BCUT2D eigenvalue weighted by atomic mass is 16.1. The molecule has 0 aromatic carbocycles.